The van der Waals surface area contributed by atoms with E-state index in [1.54, 1.807) is 0 Å². The summed E-state index contributed by atoms with van der Waals surface area (Å²) >= 11 is 0. The van der Waals surface area contributed by atoms with Gasteiger partial charge >= 0.3 is 0 Å². The molecule has 0 saturated carbocycles. The van der Waals surface area contributed by atoms with Gasteiger partial charge in [-0.3, -0.25) is 0 Å². The molecule has 0 amide bonds. The second-order valence-electron chi connectivity index (χ2n) is 7.68. The summed E-state index contributed by atoms with van der Waals surface area (Å²) < 4.78 is 0. The zero-order chi connectivity index (χ0) is 15.4. The van der Waals surface area contributed by atoms with E-state index < -0.39 is 0 Å². The number of hydrogen-bond acceptors (Lipinski definition) is 0. The Morgan fingerprint density at radius 3 is 1.85 bits per heavy atom. The summed E-state index contributed by atoms with van der Waals surface area (Å²) in [6.45, 7) is 14.3. The predicted octanol–water partition coefficient (Wildman–Crippen LogP) is 7.62. The molecule has 0 aromatic rings. The van der Waals surface area contributed by atoms with Crippen LogP contribution in [0.1, 0.15) is 112 Å². The molecule has 0 aliphatic heterocycles. The Morgan fingerprint density at radius 1 is 0.750 bits per heavy atom. The highest BCUT2D eigenvalue weighted by Gasteiger charge is 2.18. The smallest absolute Gasteiger partial charge is 0.0331 e. The second-order valence-corrected chi connectivity index (χ2v) is 7.68. The van der Waals surface area contributed by atoms with Crippen LogP contribution in [0.3, 0.4) is 0 Å². The molecule has 2 atom stereocenters. The molecule has 0 radical (unpaired) electrons. The van der Waals surface area contributed by atoms with Crippen LogP contribution in [0.25, 0.3) is 0 Å². The van der Waals surface area contributed by atoms with Gasteiger partial charge in [0.15, 0.2) is 0 Å². The lowest BCUT2D eigenvalue weighted by atomic mass is 9.80. The van der Waals surface area contributed by atoms with Crippen molar-refractivity contribution >= 4 is 0 Å². The molecule has 0 spiro atoms. The van der Waals surface area contributed by atoms with Gasteiger partial charge in [-0.15, -0.1) is 0 Å². The number of unbranched alkanes of at least 4 members (excludes halogenated alkanes) is 4. The molecule has 0 nitrogen and oxygen atoms in total. The average Bonchev–Trinajstić information content (AvgIpc) is 2.45. The minimum absolute atomic E-state index is 0.616. The Morgan fingerprint density at radius 2 is 1.30 bits per heavy atom. The molecule has 0 aromatic heterocycles. The molecule has 0 aromatic carbocycles. The summed E-state index contributed by atoms with van der Waals surface area (Å²) in [5, 5.41) is 0. The van der Waals surface area contributed by atoms with Crippen LogP contribution in [0, 0.1) is 17.3 Å². The standard InChI is InChI=1S/C20H42/c1-7-18(4)17-19(5)15-13-11-10-12-14-16-20(6,8-2)9-3/h18-19H,7-17H2,1-6H3. The summed E-state index contributed by atoms with van der Waals surface area (Å²) in [6.07, 6.45) is 15.6. The van der Waals surface area contributed by atoms with Crippen molar-refractivity contribution in [3.63, 3.8) is 0 Å². The Labute approximate surface area is 130 Å². The Bertz CT molecular complexity index is 202. The molecule has 0 bridgehead atoms. The van der Waals surface area contributed by atoms with Gasteiger partial charge in [0.25, 0.3) is 0 Å². The van der Waals surface area contributed by atoms with Gasteiger partial charge < -0.3 is 0 Å². The fourth-order valence-corrected chi connectivity index (χ4v) is 3.15. The van der Waals surface area contributed by atoms with Crippen molar-refractivity contribution in [3.05, 3.63) is 0 Å². The van der Waals surface area contributed by atoms with Crippen LogP contribution in [-0.2, 0) is 0 Å². The number of hydrogen-bond donors (Lipinski definition) is 0. The lowest BCUT2D eigenvalue weighted by Gasteiger charge is -2.26. The van der Waals surface area contributed by atoms with E-state index in [2.05, 4.69) is 41.5 Å². The molecule has 0 saturated heterocycles. The summed E-state index contributed by atoms with van der Waals surface area (Å²) in [5.41, 5.74) is 0.616. The zero-order valence-electron chi connectivity index (χ0n) is 15.4. The summed E-state index contributed by atoms with van der Waals surface area (Å²) in [7, 11) is 0. The van der Waals surface area contributed by atoms with Crippen molar-refractivity contribution in [2.24, 2.45) is 17.3 Å². The molecule has 0 aliphatic rings. The van der Waals surface area contributed by atoms with Crippen molar-refractivity contribution in [2.45, 2.75) is 112 Å². The maximum atomic E-state index is 2.46. The van der Waals surface area contributed by atoms with E-state index in [1.165, 1.54) is 70.6 Å². The van der Waals surface area contributed by atoms with Gasteiger partial charge in [-0.1, -0.05) is 99.3 Å². The maximum Gasteiger partial charge on any atom is -0.0331 e. The van der Waals surface area contributed by atoms with Crippen LogP contribution >= 0.6 is 0 Å². The topological polar surface area (TPSA) is 0 Å². The molecule has 20 heavy (non-hydrogen) atoms. The highest BCUT2D eigenvalue weighted by Crippen LogP contribution is 2.32. The Balaban J connectivity index is 3.45. The van der Waals surface area contributed by atoms with Gasteiger partial charge in [-0.25, -0.2) is 0 Å². The van der Waals surface area contributed by atoms with Gasteiger partial charge in [0.2, 0.25) is 0 Å². The first-order valence-electron chi connectivity index (χ1n) is 9.47. The fourth-order valence-electron chi connectivity index (χ4n) is 3.15. The van der Waals surface area contributed by atoms with Crippen molar-refractivity contribution in [1.82, 2.24) is 0 Å². The molecule has 0 aliphatic carbocycles. The molecule has 0 heteroatoms. The van der Waals surface area contributed by atoms with Crippen LogP contribution < -0.4 is 0 Å². The first-order valence-corrected chi connectivity index (χ1v) is 9.47. The quantitative estimate of drug-likeness (QED) is 0.305. The van der Waals surface area contributed by atoms with E-state index in [9.17, 15) is 0 Å². The highest BCUT2D eigenvalue weighted by atomic mass is 14.2. The molecule has 2 unspecified atom stereocenters. The first kappa shape index (κ1) is 20.0. The highest BCUT2D eigenvalue weighted by molar-refractivity contribution is 4.70. The van der Waals surface area contributed by atoms with Crippen molar-refractivity contribution in [1.29, 1.82) is 0 Å². The van der Waals surface area contributed by atoms with Crippen LogP contribution in [0.2, 0.25) is 0 Å². The SMILES string of the molecule is CCC(C)CC(C)CCCCCCCC(C)(CC)CC. The van der Waals surface area contributed by atoms with Gasteiger partial charge in [0, 0.05) is 0 Å². The van der Waals surface area contributed by atoms with Crippen LogP contribution in [0.4, 0.5) is 0 Å². The molecule has 0 fully saturated rings. The molecule has 0 N–H and O–H groups in total. The minimum atomic E-state index is 0.616. The van der Waals surface area contributed by atoms with Gasteiger partial charge in [-0.2, -0.15) is 0 Å². The summed E-state index contributed by atoms with van der Waals surface area (Å²) in [6, 6.07) is 0. The molecular formula is C20H42. The molecule has 0 rings (SSSR count). The van der Waals surface area contributed by atoms with Gasteiger partial charge in [0.05, 0.1) is 0 Å². The van der Waals surface area contributed by atoms with Gasteiger partial charge in [0.1, 0.15) is 0 Å². The molecular weight excluding hydrogens is 240 g/mol. The minimum Gasteiger partial charge on any atom is -0.0651 e. The van der Waals surface area contributed by atoms with Crippen molar-refractivity contribution < 1.29 is 0 Å². The Kier molecular flexibility index (Phi) is 11.6. The van der Waals surface area contributed by atoms with E-state index in [-0.39, 0.29) is 0 Å². The van der Waals surface area contributed by atoms with Crippen molar-refractivity contribution in [3.8, 4) is 0 Å². The number of rotatable bonds is 13. The third kappa shape index (κ3) is 9.83. The van der Waals surface area contributed by atoms with Crippen molar-refractivity contribution in [2.75, 3.05) is 0 Å². The lowest BCUT2D eigenvalue weighted by Crippen LogP contribution is -2.13. The first-order chi connectivity index (χ1) is 9.47. The van der Waals surface area contributed by atoms with Crippen LogP contribution in [-0.4, -0.2) is 0 Å². The summed E-state index contributed by atoms with van der Waals surface area (Å²) in [5.74, 6) is 1.86. The average molecular weight is 283 g/mol. The maximum absolute atomic E-state index is 2.46. The second kappa shape index (κ2) is 11.6. The normalized spacial score (nSPS) is 15.3. The van der Waals surface area contributed by atoms with E-state index >= 15 is 0 Å². The Hall–Kier alpha value is 0. The molecule has 0 heterocycles. The van der Waals surface area contributed by atoms with E-state index in [1.807, 2.05) is 0 Å². The largest absolute Gasteiger partial charge is 0.0651 e. The zero-order valence-corrected chi connectivity index (χ0v) is 15.4. The third-order valence-electron chi connectivity index (χ3n) is 5.69. The van der Waals surface area contributed by atoms with E-state index in [0.29, 0.717) is 5.41 Å². The fraction of sp³-hybridized carbons (Fsp3) is 1.00. The van der Waals surface area contributed by atoms with E-state index in [4.69, 9.17) is 0 Å². The third-order valence-corrected chi connectivity index (χ3v) is 5.69. The predicted molar refractivity (Wildman–Crippen MR) is 94.2 cm³/mol. The van der Waals surface area contributed by atoms with Gasteiger partial charge in [-0.05, 0) is 30.1 Å². The van der Waals surface area contributed by atoms with Crippen LogP contribution in [0.15, 0.2) is 0 Å². The monoisotopic (exact) mass is 282 g/mol. The molecule has 122 valence electrons. The van der Waals surface area contributed by atoms with Crippen LogP contribution in [0.5, 0.6) is 0 Å². The summed E-state index contributed by atoms with van der Waals surface area (Å²) in [4.78, 5) is 0. The lowest BCUT2D eigenvalue weighted by molar-refractivity contribution is 0.261. The van der Waals surface area contributed by atoms with E-state index in [0.717, 1.165) is 11.8 Å².